The minimum Gasteiger partial charge on any atom is -0.392 e. The molecule has 28 heavy (non-hydrogen) atoms. The van der Waals surface area contributed by atoms with E-state index in [1.807, 2.05) is 0 Å². The van der Waals surface area contributed by atoms with Crippen molar-refractivity contribution in [1.82, 2.24) is 10.2 Å². The number of rotatable bonds is 6. The first-order chi connectivity index (χ1) is 13.1. The standard InChI is InChI=1S/C22H41N3O2.HI/c1-3-23-21(24-17-22(2)13-7-6-10-20(22)26)25-14-11-19(12-15-25)27-16-18-8-4-5-9-18;/h18-20,26H,3-17H2,1-2H3,(H,23,24);1H. The Balaban J connectivity index is 0.00000280. The lowest BCUT2D eigenvalue weighted by atomic mass is 9.73. The Morgan fingerprint density at radius 3 is 2.43 bits per heavy atom. The van der Waals surface area contributed by atoms with Crippen LogP contribution in [0.3, 0.4) is 0 Å². The number of ether oxygens (including phenoxy) is 1. The first kappa shape index (κ1) is 24.2. The van der Waals surface area contributed by atoms with Gasteiger partial charge in [-0.1, -0.05) is 32.6 Å². The van der Waals surface area contributed by atoms with E-state index in [-0.39, 0.29) is 35.5 Å². The Bertz CT molecular complexity index is 476. The van der Waals surface area contributed by atoms with E-state index >= 15 is 0 Å². The summed E-state index contributed by atoms with van der Waals surface area (Å²) in [7, 11) is 0. The van der Waals surface area contributed by atoms with Gasteiger partial charge in [0.1, 0.15) is 0 Å². The zero-order valence-electron chi connectivity index (χ0n) is 18.0. The third kappa shape index (κ3) is 6.73. The first-order valence-electron chi connectivity index (χ1n) is 11.4. The molecule has 2 saturated carbocycles. The summed E-state index contributed by atoms with van der Waals surface area (Å²) in [5.41, 5.74) is -0.0678. The highest BCUT2D eigenvalue weighted by Gasteiger charge is 2.35. The van der Waals surface area contributed by atoms with Crippen LogP contribution in [0.2, 0.25) is 0 Å². The maximum atomic E-state index is 10.4. The van der Waals surface area contributed by atoms with Crippen molar-refractivity contribution in [3.63, 3.8) is 0 Å². The highest BCUT2D eigenvalue weighted by molar-refractivity contribution is 14.0. The number of aliphatic imine (C=N–C) groups is 1. The number of halogens is 1. The molecule has 0 bridgehead atoms. The molecule has 2 atom stereocenters. The maximum Gasteiger partial charge on any atom is 0.193 e. The van der Waals surface area contributed by atoms with Crippen molar-refractivity contribution >= 4 is 29.9 Å². The predicted octanol–water partition coefficient (Wildman–Crippen LogP) is 4.18. The summed E-state index contributed by atoms with van der Waals surface area (Å²) in [6.07, 6.45) is 12.3. The Kier molecular flexibility index (Phi) is 10.3. The van der Waals surface area contributed by atoms with Crippen molar-refractivity contribution in [3.8, 4) is 0 Å². The van der Waals surface area contributed by atoms with Crippen LogP contribution in [-0.4, -0.2) is 61.0 Å². The summed E-state index contributed by atoms with van der Waals surface area (Å²) in [6, 6.07) is 0. The molecule has 164 valence electrons. The van der Waals surface area contributed by atoms with E-state index in [2.05, 4.69) is 24.1 Å². The molecule has 0 aromatic carbocycles. The van der Waals surface area contributed by atoms with Crippen LogP contribution in [0, 0.1) is 11.3 Å². The SMILES string of the molecule is CCNC(=NCC1(C)CCCCC1O)N1CCC(OCC2CCCC2)CC1.I. The molecular formula is C22H42IN3O2. The van der Waals surface area contributed by atoms with Crippen molar-refractivity contribution in [2.45, 2.75) is 90.3 Å². The van der Waals surface area contributed by atoms with E-state index in [9.17, 15) is 5.11 Å². The topological polar surface area (TPSA) is 57.1 Å². The molecule has 2 N–H and O–H groups in total. The molecule has 6 heteroatoms. The molecule has 1 saturated heterocycles. The summed E-state index contributed by atoms with van der Waals surface area (Å²) in [4.78, 5) is 7.33. The number of piperidine rings is 1. The molecule has 0 spiro atoms. The average molecular weight is 508 g/mol. The normalized spacial score (nSPS) is 30.3. The van der Waals surface area contributed by atoms with Gasteiger partial charge in [0.25, 0.3) is 0 Å². The summed E-state index contributed by atoms with van der Waals surface area (Å²) in [5, 5.41) is 13.9. The summed E-state index contributed by atoms with van der Waals surface area (Å²) in [6.45, 7) is 8.93. The average Bonchev–Trinajstić information content (AvgIpc) is 3.20. The number of hydrogen-bond acceptors (Lipinski definition) is 3. The van der Waals surface area contributed by atoms with Crippen LogP contribution >= 0.6 is 24.0 Å². The van der Waals surface area contributed by atoms with Gasteiger partial charge in [0.2, 0.25) is 0 Å². The van der Waals surface area contributed by atoms with Gasteiger partial charge in [-0.05, 0) is 51.4 Å². The van der Waals surface area contributed by atoms with E-state index in [4.69, 9.17) is 9.73 Å². The third-order valence-electron chi connectivity index (χ3n) is 6.99. The van der Waals surface area contributed by atoms with Crippen molar-refractivity contribution in [2.75, 3.05) is 32.8 Å². The Morgan fingerprint density at radius 2 is 1.79 bits per heavy atom. The molecule has 0 amide bonds. The van der Waals surface area contributed by atoms with Crippen LogP contribution in [0.1, 0.15) is 78.1 Å². The van der Waals surface area contributed by atoms with Crippen molar-refractivity contribution < 1.29 is 9.84 Å². The van der Waals surface area contributed by atoms with Crippen LogP contribution in [0.5, 0.6) is 0 Å². The van der Waals surface area contributed by atoms with Gasteiger partial charge < -0.3 is 20.1 Å². The van der Waals surface area contributed by atoms with Crippen LogP contribution in [0.4, 0.5) is 0 Å². The zero-order chi connectivity index (χ0) is 19.1. The minimum absolute atomic E-state index is 0. The minimum atomic E-state index is -0.215. The second-order valence-electron chi connectivity index (χ2n) is 9.26. The van der Waals surface area contributed by atoms with Gasteiger partial charge in [0, 0.05) is 31.7 Å². The Labute approximate surface area is 189 Å². The lowest BCUT2D eigenvalue weighted by Crippen LogP contribution is -2.48. The van der Waals surface area contributed by atoms with Gasteiger partial charge in [-0.3, -0.25) is 4.99 Å². The number of hydrogen-bond donors (Lipinski definition) is 2. The van der Waals surface area contributed by atoms with Crippen molar-refractivity contribution in [2.24, 2.45) is 16.3 Å². The fourth-order valence-electron chi connectivity index (χ4n) is 4.93. The fourth-order valence-corrected chi connectivity index (χ4v) is 4.93. The molecule has 3 fully saturated rings. The summed E-state index contributed by atoms with van der Waals surface area (Å²) in [5.74, 6) is 1.83. The lowest BCUT2D eigenvalue weighted by molar-refractivity contribution is 0.000187. The van der Waals surface area contributed by atoms with Crippen LogP contribution in [0.15, 0.2) is 4.99 Å². The van der Waals surface area contributed by atoms with E-state index in [0.717, 1.165) is 70.2 Å². The molecule has 2 unspecified atom stereocenters. The van der Waals surface area contributed by atoms with E-state index in [1.54, 1.807) is 0 Å². The predicted molar refractivity (Wildman–Crippen MR) is 126 cm³/mol. The van der Waals surface area contributed by atoms with Gasteiger partial charge in [0.05, 0.1) is 18.8 Å². The molecule has 0 aromatic heterocycles. The molecule has 3 aliphatic rings. The molecule has 0 radical (unpaired) electrons. The fraction of sp³-hybridized carbons (Fsp3) is 0.955. The van der Waals surface area contributed by atoms with Crippen molar-refractivity contribution in [1.29, 1.82) is 0 Å². The molecule has 5 nitrogen and oxygen atoms in total. The summed E-state index contributed by atoms with van der Waals surface area (Å²) >= 11 is 0. The number of aliphatic hydroxyl groups excluding tert-OH is 1. The molecule has 1 heterocycles. The zero-order valence-corrected chi connectivity index (χ0v) is 20.3. The van der Waals surface area contributed by atoms with Gasteiger partial charge in [-0.15, -0.1) is 24.0 Å². The smallest absolute Gasteiger partial charge is 0.193 e. The van der Waals surface area contributed by atoms with Crippen LogP contribution in [0.25, 0.3) is 0 Å². The molecule has 0 aromatic rings. The lowest BCUT2D eigenvalue weighted by Gasteiger charge is -2.38. The van der Waals surface area contributed by atoms with E-state index < -0.39 is 0 Å². The van der Waals surface area contributed by atoms with Gasteiger partial charge in [-0.25, -0.2) is 0 Å². The number of nitrogens with zero attached hydrogens (tertiary/aromatic N) is 2. The number of guanidine groups is 1. The highest BCUT2D eigenvalue weighted by atomic mass is 127. The van der Waals surface area contributed by atoms with Gasteiger partial charge in [-0.2, -0.15) is 0 Å². The number of likely N-dealkylation sites (tertiary alicyclic amines) is 1. The highest BCUT2D eigenvalue weighted by Crippen LogP contribution is 2.36. The summed E-state index contributed by atoms with van der Waals surface area (Å²) < 4.78 is 6.22. The largest absolute Gasteiger partial charge is 0.392 e. The second-order valence-corrected chi connectivity index (χ2v) is 9.26. The van der Waals surface area contributed by atoms with E-state index in [0.29, 0.717) is 12.6 Å². The molecule has 1 aliphatic heterocycles. The molecular weight excluding hydrogens is 465 g/mol. The first-order valence-corrected chi connectivity index (χ1v) is 11.4. The van der Waals surface area contributed by atoms with Gasteiger partial charge in [0.15, 0.2) is 5.96 Å². The number of aliphatic hydroxyl groups is 1. The van der Waals surface area contributed by atoms with Crippen LogP contribution in [-0.2, 0) is 4.74 Å². The molecule has 2 aliphatic carbocycles. The van der Waals surface area contributed by atoms with Gasteiger partial charge >= 0.3 is 0 Å². The van der Waals surface area contributed by atoms with Crippen LogP contribution < -0.4 is 5.32 Å². The second kappa shape index (κ2) is 11.9. The van der Waals surface area contributed by atoms with E-state index in [1.165, 1.54) is 32.1 Å². The van der Waals surface area contributed by atoms with Crippen molar-refractivity contribution in [3.05, 3.63) is 0 Å². The quantitative estimate of drug-likeness (QED) is 0.322. The molecule has 3 rings (SSSR count). The Hall–Kier alpha value is -0.0800. The Morgan fingerprint density at radius 1 is 1.11 bits per heavy atom. The monoisotopic (exact) mass is 507 g/mol. The maximum absolute atomic E-state index is 10.4. The number of nitrogens with one attached hydrogen (secondary N) is 1. The third-order valence-corrected chi connectivity index (χ3v) is 6.99.